The van der Waals surface area contributed by atoms with E-state index in [1.54, 1.807) is 0 Å². The Morgan fingerprint density at radius 2 is 1.60 bits per heavy atom. The zero-order valence-electron chi connectivity index (χ0n) is 29.0. The average molecular weight is 817 g/mol. The molecule has 0 radical (unpaired) electrons. The Hall–Kier alpha value is -3.00. The number of piperidine rings is 2. The van der Waals surface area contributed by atoms with Gasteiger partial charge in [0.2, 0.25) is 11.8 Å². The molecule has 0 aromatic heterocycles. The first-order chi connectivity index (χ1) is 24.1. The summed E-state index contributed by atoms with van der Waals surface area (Å²) in [7, 11) is 2.03. The number of halogens is 2. The van der Waals surface area contributed by atoms with Crippen molar-refractivity contribution in [2.75, 3.05) is 64.8 Å². The molecule has 2 aromatic carbocycles. The van der Waals surface area contributed by atoms with E-state index in [1.807, 2.05) is 71.1 Å². The molecule has 4 amide bonds. The van der Waals surface area contributed by atoms with Crippen LogP contribution in [-0.2, 0) is 32.1 Å². The third-order valence-electron chi connectivity index (χ3n) is 10.8. The van der Waals surface area contributed by atoms with E-state index < -0.39 is 5.92 Å². The van der Waals surface area contributed by atoms with Gasteiger partial charge >= 0.3 is 12.0 Å². The summed E-state index contributed by atoms with van der Waals surface area (Å²) in [5, 5.41) is 3.01. The van der Waals surface area contributed by atoms with E-state index in [0.29, 0.717) is 65.1 Å². The monoisotopic (exact) mass is 814 g/mol. The van der Waals surface area contributed by atoms with Crippen LogP contribution in [0, 0.1) is 5.92 Å². The van der Waals surface area contributed by atoms with Crippen molar-refractivity contribution in [3.05, 3.63) is 62.5 Å². The second kappa shape index (κ2) is 16.6. The van der Waals surface area contributed by atoms with Gasteiger partial charge in [0.25, 0.3) is 0 Å². The number of benzene rings is 2. The van der Waals surface area contributed by atoms with Crippen LogP contribution in [0.2, 0.25) is 0 Å². The Morgan fingerprint density at radius 1 is 0.900 bits per heavy atom. The number of esters is 1. The molecule has 270 valence electrons. The molecule has 13 heteroatoms. The quantitative estimate of drug-likeness (QED) is 0.357. The molecule has 3 fully saturated rings. The first-order valence-corrected chi connectivity index (χ1v) is 19.5. The number of carbonyl (C=O) groups is 4. The van der Waals surface area contributed by atoms with Gasteiger partial charge in [0, 0.05) is 85.5 Å². The molecule has 2 unspecified atom stereocenters. The van der Waals surface area contributed by atoms with Crippen molar-refractivity contribution < 1.29 is 23.9 Å². The van der Waals surface area contributed by atoms with Crippen LogP contribution in [0.5, 0.6) is 0 Å². The molecule has 0 aliphatic carbocycles. The fourth-order valence-corrected chi connectivity index (χ4v) is 8.65. The number of rotatable bonds is 9. The number of fused-ring (bicyclic) bond motifs is 1. The van der Waals surface area contributed by atoms with Crippen molar-refractivity contribution in [3.8, 4) is 0 Å². The van der Waals surface area contributed by atoms with E-state index in [2.05, 4.69) is 47.0 Å². The molecule has 6 rings (SSSR count). The van der Waals surface area contributed by atoms with Crippen molar-refractivity contribution in [2.24, 2.45) is 5.92 Å². The zero-order chi connectivity index (χ0) is 35.4. The van der Waals surface area contributed by atoms with Crippen molar-refractivity contribution in [2.45, 2.75) is 70.1 Å². The smallest absolute Gasteiger partial charge is 0.324 e. The number of hydrogen-bond donors (Lipinski definition) is 1. The second-order valence-electron chi connectivity index (χ2n) is 14.0. The third-order valence-corrected chi connectivity index (χ3v) is 12.7. The topological polar surface area (TPSA) is 106 Å². The molecule has 3 saturated heterocycles. The van der Waals surface area contributed by atoms with E-state index in [0.717, 1.165) is 51.7 Å². The summed E-state index contributed by atoms with van der Waals surface area (Å²) in [6, 6.07) is 13.7. The number of urea groups is 1. The first-order valence-electron chi connectivity index (χ1n) is 17.9. The van der Waals surface area contributed by atoms with E-state index in [1.165, 1.54) is 0 Å². The number of nitrogens with one attached hydrogen (secondary N) is 1. The molecule has 4 aliphatic rings. The molecule has 0 spiro atoms. The van der Waals surface area contributed by atoms with E-state index in [4.69, 9.17) is 4.74 Å². The summed E-state index contributed by atoms with van der Waals surface area (Å²) in [5.74, 6) is -0.679. The van der Waals surface area contributed by atoms with Crippen LogP contribution in [-0.4, -0.2) is 126 Å². The van der Waals surface area contributed by atoms with Crippen LogP contribution < -0.4 is 5.32 Å². The minimum Gasteiger partial charge on any atom is -0.465 e. The Labute approximate surface area is 311 Å². The molecule has 1 N–H and O–H groups in total. The highest BCUT2D eigenvalue weighted by molar-refractivity contribution is 9.13. The van der Waals surface area contributed by atoms with Crippen molar-refractivity contribution in [1.82, 2.24) is 24.5 Å². The molecule has 50 heavy (non-hydrogen) atoms. The average Bonchev–Trinajstić information content (AvgIpc) is 3.12. The lowest BCUT2D eigenvalue weighted by Crippen LogP contribution is -2.61. The van der Waals surface area contributed by atoms with Crippen molar-refractivity contribution >= 4 is 61.4 Å². The number of nitrogens with zero attached hydrogens (tertiary/aromatic N) is 5. The summed E-state index contributed by atoms with van der Waals surface area (Å²) >= 11 is 7.14. The highest BCUT2D eigenvalue weighted by Gasteiger charge is 2.40. The molecule has 0 saturated carbocycles. The Morgan fingerprint density at radius 3 is 2.32 bits per heavy atom. The SMILES string of the molecule is CCOC(=O)C1CN(C)CCN1C1CCN(C(=O)C(CC(=O)N2CCC(N3Cc4ccccc4NC3=O)CC2)Cc2ccc(Br)c(Br)c2)CC1. The third kappa shape index (κ3) is 8.54. The van der Waals surface area contributed by atoms with Gasteiger partial charge in [-0.05, 0) is 107 Å². The van der Waals surface area contributed by atoms with Crippen LogP contribution >= 0.6 is 31.9 Å². The maximum atomic E-state index is 14.2. The van der Waals surface area contributed by atoms with Crippen LogP contribution in [0.1, 0.15) is 50.2 Å². The maximum absolute atomic E-state index is 14.2. The molecule has 4 heterocycles. The number of carbonyl (C=O) groups excluding carboxylic acids is 4. The molecule has 4 aliphatic heterocycles. The molecular formula is C37H48Br2N6O5. The zero-order valence-corrected chi connectivity index (χ0v) is 32.2. The highest BCUT2D eigenvalue weighted by atomic mass is 79.9. The van der Waals surface area contributed by atoms with Gasteiger partial charge in [-0.2, -0.15) is 0 Å². The summed E-state index contributed by atoms with van der Waals surface area (Å²) in [5.41, 5.74) is 2.95. The van der Waals surface area contributed by atoms with Gasteiger partial charge in [0.1, 0.15) is 6.04 Å². The summed E-state index contributed by atoms with van der Waals surface area (Å²) < 4.78 is 7.26. The normalized spacial score (nSPS) is 21.8. The lowest BCUT2D eigenvalue weighted by molar-refractivity contribution is -0.154. The van der Waals surface area contributed by atoms with E-state index >= 15 is 0 Å². The van der Waals surface area contributed by atoms with Crippen LogP contribution in [0.4, 0.5) is 10.5 Å². The van der Waals surface area contributed by atoms with Crippen molar-refractivity contribution in [1.29, 1.82) is 0 Å². The van der Waals surface area contributed by atoms with Gasteiger partial charge in [0.05, 0.1) is 12.5 Å². The minimum atomic E-state index is -0.495. The fourth-order valence-electron chi connectivity index (χ4n) is 7.98. The number of ether oxygens (including phenoxy) is 1. The van der Waals surface area contributed by atoms with Gasteiger partial charge < -0.3 is 29.7 Å². The second-order valence-corrected chi connectivity index (χ2v) is 15.7. The lowest BCUT2D eigenvalue weighted by Gasteiger charge is -2.46. The summed E-state index contributed by atoms with van der Waals surface area (Å²) in [6.45, 7) is 7.37. The van der Waals surface area contributed by atoms with Gasteiger partial charge in [-0.3, -0.25) is 19.3 Å². The molecule has 2 atom stereocenters. The number of para-hydroxylation sites is 1. The predicted molar refractivity (Wildman–Crippen MR) is 198 cm³/mol. The van der Waals surface area contributed by atoms with Gasteiger partial charge in [-0.15, -0.1) is 0 Å². The number of anilines is 1. The summed E-state index contributed by atoms with van der Waals surface area (Å²) in [6.07, 6.45) is 3.55. The van der Waals surface area contributed by atoms with Crippen LogP contribution in [0.15, 0.2) is 51.4 Å². The molecular weight excluding hydrogens is 768 g/mol. The largest absolute Gasteiger partial charge is 0.465 e. The number of hydrogen-bond acceptors (Lipinski definition) is 7. The highest BCUT2D eigenvalue weighted by Crippen LogP contribution is 2.30. The summed E-state index contributed by atoms with van der Waals surface area (Å²) in [4.78, 5) is 64.0. The number of piperazine rings is 1. The Balaban J connectivity index is 1.09. The molecule has 0 bridgehead atoms. The van der Waals surface area contributed by atoms with Crippen LogP contribution in [0.25, 0.3) is 0 Å². The molecule has 2 aromatic rings. The Kier molecular flexibility index (Phi) is 12.2. The van der Waals surface area contributed by atoms with E-state index in [-0.39, 0.29) is 48.4 Å². The lowest BCUT2D eigenvalue weighted by atomic mass is 9.91. The maximum Gasteiger partial charge on any atom is 0.324 e. The van der Waals surface area contributed by atoms with E-state index in [9.17, 15) is 19.2 Å². The minimum absolute atomic E-state index is 0.00898. The van der Waals surface area contributed by atoms with Gasteiger partial charge in [0.15, 0.2) is 0 Å². The van der Waals surface area contributed by atoms with Gasteiger partial charge in [-0.25, -0.2) is 4.79 Å². The fraction of sp³-hybridized carbons (Fsp3) is 0.568. The van der Waals surface area contributed by atoms with Crippen molar-refractivity contribution in [3.63, 3.8) is 0 Å². The molecule has 11 nitrogen and oxygen atoms in total. The van der Waals surface area contributed by atoms with Gasteiger partial charge in [-0.1, -0.05) is 24.3 Å². The predicted octanol–water partition coefficient (Wildman–Crippen LogP) is 4.97. The first kappa shape index (κ1) is 36.8. The number of likely N-dealkylation sites (N-methyl/N-ethyl adjacent to an activating group) is 1. The number of amides is 4. The standard InChI is InChI=1S/C37H48Br2N6O5/c1-3-50-36(48)33-24-41(2)18-19-44(33)28-12-16-43(17-13-28)35(47)27(20-25-8-9-30(38)31(39)21-25)22-34(46)42-14-10-29(11-15-42)45-23-26-6-4-5-7-32(26)40-37(45)49/h4-9,21,27-29,33H,3,10-20,22-24H2,1-2H3,(H,40,49). The van der Waals surface area contributed by atoms with Crippen LogP contribution in [0.3, 0.4) is 0 Å². The number of likely N-dealkylation sites (tertiary alicyclic amines) is 2. The Bertz CT molecular complexity index is 1560.